The van der Waals surface area contributed by atoms with Crippen LogP contribution in [0.5, 0.6) is 0 Å². The Hall–Kier alpha value is -0.950. The molecule has 2 fully saturated rings. The molecular formula is C16H24N2O3S. The fraction of sp³-hybridized carbons (Fsp3) is 0.625. The van der Waals surface area contributed by atoms with E-state index in [1.165, 1.54) is 11.1 Å². The summed E-state index contributed by atoms with van der Waals surface area (Å²) >= 11 is 0. The lowest BCUT2D eigenvalue weighted by molar-refractivity contribution is 0.0308. The van der Waals surface area contributed by atoms with Gasteiger partial charge in [-0.2, -0.15) is 0 Å². The number of benzene rings is 1. The van der Waals surface area contributed by atoms with Gasteiger partial charge in [-0.15, -0.1) is 0 Å². The van der Waals surface area contributed by atoms with Gasteiger partial charge in [0.25, 0.3) is 0 Å². The first-order valence-corrected chi connectivity index (χ1v) is 9.65. The Morgan fingerprint density at radius 1 is 1.09 bits per heavy atom. The molecule has 0 amide bonds. The van der Waals surface area contributed by atoms with Crippen molar-refractivity contribution >= 4 is 9.84 Å². The van der Waals surface area contributed by atoms with Crippen LogP contribution in [0.15, 0.2) is 24.3 Å². The van der Waals surface area contributed by atoms with E-state index in [1.54, 1.807) is 0 Å². The first-order valence-electron chi connectivity index (χ1n) is 7.83. The number of fused-ring (bicyclic) bond motifs is 1. The quantitative estimate of drug-likeness (QED) is 0.861. The Labute approximate surface area is 132 Å². The molecule has 0 unspecified atom stereocenters. The number of hydrogen-bond donors (Lipinski definition) is 1. The van der Waals surface area contributed by atoms with Crippen molar-refractivity contribution in [2.45, 2.75) is 25.6 Å². The molecule has 6 heteroatoms. The lowest BCUT2D eigenvalue weighted by Gasteiger charge is -2.43. The first kappa shape index (κ1) is 15.9. The second-order valence-electron chi connectivity index (χ2n) is 6.43. The van der Waals surface area contributed by atoms with Crippen LogP contribution >= 0.6 is 0 Å². The highest BCUT2D eigenvalue weighted by atomic mass is 32.2. The zero-order chi connectivity index (χ0) is 15.7. The monoisotopic (exact) mass is 324 g/mol. The molecule has 2 saturated heterocycles. The molecule has 1 aromatic carbocycles. The molecule has 0 radical (unpaired) electrons. The van der Waals surface area contributed by atoms with Crippen LogP contribution < -0.4 is 0 Å². The van der Waals surface area contributed by atoms with Gasteiger partial charge in [0.15, 0.2) is 9.84 Å². The van der Waals surface area contributed by atoms with Crippen LogP contribution in [-0.4, -0.2) is 73.2 Å². The summed E-state index contributed by atoms with van der Waals surface area (Å²) < 4.78 is 24.1. The molecule has 0 bridgehead atoms. The normalized spacial score (nSPS) is 28.6. The third-order valence-corrected chi connectivity index (χ3v) is 6.50. The minimum absolute atomic E-state index is 0.0244. The number of rotatable bonds is 4. The molecule has 0 aliphatic carbocycles. The van der Waals surface area contributed by atoms with Crippen molar-refractivity contribution in [1.29, 1.82) is 0 Å². The molecular weight excluding hydrogens is 300 g/mol. The second kappa shape index (κ2) is 6.28. The fourth-order valence-electron chi connectivity index (χ4n) is 3.63. The Balaban J connectivity index is 1.77. The maximum atomic E-state index is 12.1. The van der Waals surface area contributed by atoms with Gasteiger partial charge < -0.3 is 5.11 Å². The highest BCUT2D eigenvalue weighted by molar-refractivity contribution is 7.91. The lowest BCUT2D eigenvalue weighted by Crippen LogP contribution is -2.59. The van der Waals surface area contributed by atoms with Crippen molar-refractivity contribution < 1.29 is 13.5 Å². The molecule has 122 valence electrons. The van der Waals surface area contributed by atoms with Crippen LogP contribution in [0.25, 0.3) is 0 Å². The number of sulfone groups is 1. The van der Waals surface area contributed by atoms with Crippen molar-refractivity contribution in [3.05, 3.63) is 35.4 Å². The van der Waals surface area contributed by atoms with Crippen LogP contribution in [0.1, 0.15) is 11.1 Å². The van der Waals surface area contributed by atoms with Crippen molar-refractivity contribution in [1.82, 2.24) is 9.80 Å². The van der Waals surface area contributed by atoms with E-state index >= 15 is 0 Å². The Bertz CT molecular complexity index is 615. The molecule has 2 heterocycles. The molecule has 1 aromatic rings. The third kappa shape index (κ3) is 3.35. The summed E-state index contributed by atoms with van der Waals surface area (Å²) in [5.41, 5.74) is 2.46. The van der Waals surface area contributed by atoms with Crippen LogP contribution in [0, 0.1) is 6.92 Å². The van der Waals surface area contributed by atoms with E-state index in [0.29, 0.717) is 6.54 Å². The van der Waals surface area contributed by atoms with Gasteiger partial charge >= 0.3 is 0 Å². The molecule has 0 saturated carbocycles. The van der Waals surface area contributed by atoms with Crippen LogP contribution in [0.4, 0.5) is 0 Å². The summed E-state index contributed by atoms with van der Waals surface area (Å²) in [5, 5.41) is 9.19. The number of nitrogens with zero attached hydrogens (tertiary/aromatic N) is 2. The molecule has 0 aromatic heterocycles. The van der Waals surface area contributed by atoms with Crippen molar-refractivity contribution in [3.63, 3.8) is 0 Å². The van der Waals surface area contributed by atoms with Crippen molar-refractivity contribution in [3.8, 4) is 0 Å². The Morgan fingerprint density at radius 3 is 2.32 bits per heavy atom. The molecule has 3 rings (SSSR count). The van der Waals surface area contributed by atoms with Crippen molar-refractivity contribution in [2.75, 3.05) is 37.7 Å². The van der Waals surface area contributed by atoms with E-state index < -0.39 is 9.84 Å². The summed E-state index contributed by atoms with van der Waals surface area (Å²) in [6.45, 7) is 5.19. The van der Waals surface area contributed by atoms with Gasteiger partial charge in [0.2, 0.25) is 0 Å². The number of aliphatic hydroxyl groups is 1. The van der Waals surface area contributed by atoms with Gasteiger partial charge in [-0.3, -0.25) is 9.80 Å². The van der Waals surface area contributed by atoms with Crippen LogP contribution in [-0.2, 0) is 16.4 Å². The van der Waals surface area contributed by atoms with E-state index in [0.717, 1.165) is 19.6 Å². The lowest BCUT2D eigenvalue weighted by atomic mass is 10.0. The van der Waals surface area contributed by atoms with E-state index in [1.807, 2.05) is 0 Å². The Morgan fingerprint density at radius 2 is 1.68 bits per heavy atom. The SMILES string of the molecule is Cc1ccc(CN2CCN(CCO)[C@@H]3CS(=O)(=O)C[C@@H]32)cc1. The molecule has 0 spiro atoms. The maximum absolute atomic E-state index is 12.1. The zero-order valence-electron chi connectivity index (χ0n) is 13.0. The summed E-state index contributed by atoms with van der Waals surface area (Å²) in [6, 6.07) is 8.50. The number of piperazine rings is 1. The predicted molar refractivity (Wildman–Crippen MR) is 86.5 cm³/mol. The topological polar surface area (TPSA) is 60.9 Å². The average molecular weight is 324 g/mol. The zero-order valence-corrected chi connectivity index (χ0v) is 13.8. The molecule has 22 heavy (non-hydrogen) atoms. The number of aryl methyl sites for hydroxylation is 1. The van der Waals surface area contributed by atoms with Crippen LogP contribution in [0.2, 0.25) is 0 Å². The molecule has 2 aliphatic heterocycles. The predicted octanol–water partition coefficient (Wildman–Crippen LogP) is 0.271. The fourth-order valence-corrected chi connectivity index (χ4v) is 5.67. The van der Waals surface area contributed by atoms with Crippen molar-refractivity contribution in [2.24, 2.45) is 0 Å². The van der Waals surface area contributed by atoms with Gasteiger partial charge in [0.05, 0.1) is 18.1 Å². The van der Waals surface area contributed by atoms with E-state index in [9.17, 15) is 13.5 Å². The highest BCUT2D eigenvalue weighted by Gasteiger charge is 2.46. The molecule has 1 N–H and O–H groups in total. The number of aliphatic hydroxyl groups excluding tert-OH is 1. The molecule has 5 nitrogen and oxygen atoms in total. The standard InChI is InChI=1S/C16H24N2O3S/c1-13-2-4-14(5-3-13)10-18-7-6-17(8-9-19)15-11-22(20,21)12-16(15)18/h2-5,15-16,19H,6-12H2,1H3/t15-,16+/m1/s1. The van der Waals surface area contributed by atoms with Crippen LogP contribution in [0.3, 0.4) is 0 Å². The second-order valence-corrected chi connectivity index (χ2v) is 8.58. The maximum Gasteiger partial charge on any atom is 0.153 e. The summed E-state index contributed by atoms with van der Waals surface area (Å²) in [6.07, 6.45) is 0. The van der Waals surface area contributed by atoms with Gasteiger partial charge in [0.1, 0.15) is 0 Å². The minimum Gasteiger partial charge on any atom is -0.395 e. The number of hydrogen-bond acceptors (Lipinski definition) is 5. The van der Waals surface area contributed by atoms with Gasteiger partial charge in [-0.05, 0) is 12.5 Å². The summed E-state index contributed by atoms with van der Waals surface area (Å²) in [7, 11) is -2.98. The van der Waals surface area contributed by atoms with E-state index in [-0.39, 0.29) is 30.2 Å². The molecule has 2 atom stereocenters. The third-order valence-electron chi connectivity index (χ3n) is 4.80. The van der Waals surface area contributed by atoms with Gasteiger partial charge in [-0.1, -0.05) is 29.8 Å². The van der Waals surface area contributed by atoms with E-state index in [4.69, 9.17) is 0 Å². The summed E-state index contributed by atoms with van der Waals surface area (Å²) in [5.74, 6) is 0.466. The van der Waals surface area contributed by atoms with Gasteiger partial charge in [0, 0.05) is 38.3 Å². The first-order chi connectivity index (χ1) is 10.5. The summed E-state index contributed by atoms with van der Waals surface area (Å²) in [4.78, 5) is 4.44. The Kier molecular flexibility index (Phi) is 4.54. The number of β-amino-alcohol motifs (C(OH)–C–C–N with tert-alkyl or cyclic N) is 1. The molecule has 2 aliphatic rings. The minimum atomic E-state index is -2.98. The smallest absolute Gasteiger partial charge is 0.153 e. The largest absolute Gasteiger partial charge is 0.395 e. The van der Waals surface area contributed by atoms with Gasteiger partial charge in [-0.25, -0.2) is 8.42 Å². The average Bonchev–Trinajstić information content (AvgIpc) is 2.80. The van der Waals surface area contributed by atoms with E-state index in [2.05, 4.69) is 41.0 Å². The highest BCUT2D eigenvalue weighted by Crippen LogP contribution is 2.28.